The molecular weight excluding hydrogens is 374 g/mol. The van der Waals surface area contributed by atoms with Crippen LogP contribution in [0.3, 0.4) is 0 Å². The van der Waals surface area contributed by atoms with Gasteiger partial charge in [0.15, 0.2) is 0 Å². The highest BCUT2D eigenvalue weighted by Gasteiger charge is 2.28. The number of carbonyl (C=O) groups is 1. The molecule has 0 saturated carbocycles. The molecule has 0 aliphatic heterocycles. The van der Waals surface area contributed by atoms with Crippen LogP contribution in [0.2, 0.25) is 0 Å². The number of amides is 1. The topological polar surface area (TPSA) is 104 Å². The maximum Gasteiger partial charge on any atom is 0.260 e. The Hall–Kier alpha value is -3.32. The molecule has 1 aromatic carbocycles. The summed E-state index contributed by atoms with van der Waals surface area (Å²) < 4.78 is 11.1. The average Bonchev–Trinajstić information content (AvgIpc) is 3.34. The Morgan fingerprint density at radius 3 is 2.86 bits per heavy atom. The van der Waals surface area contributed by atoms with E-state index in [0.717, 1.165) is 46.4 Å². The van der Waals surface area contributed by atoms with Crippen molar-refractivity contribution in [3.63, 3.8) is 0 Å². The van der Waals surface area contributed by atoms with E-state index in [1.807, 2.05) is 30.3 Å². The van der Waals surface area contributed by atoms with Crippen molar-refractivity contribution in [2.45, 2.75) is 12.8 Å². The maximum atomic E-state index is 11.9. The summed E-state index contributed by atoms with van der Waals surface area (Å²) in [4.78, 5) is 17.8. The molecule has 7 heteroatoms. The van der Waals surface area contributed by atoms with Crippen LogP contribution >= 0.6 is 11.3 Å². The first-order valence-electron chi connectivity index (χ1n) is 8.84. The number of rotatable bonds is 3. The minimum Gasteiger partial charge on any atom is -0.497 e. The lowest BCUT2D eigenvalue weighted by atomic mass is 9.85. The Morgan fingerprint density at radius 2 is 2.14 bits per heavy atom. The fourth-order valence-electron chi connectivity index (χ4n) is 3.93. The van der Waals surface area contributed by atoms with Crippen LogP contribution in [0.4, 0.5) is 5.69 Å². The number of hydrogen-bond acceptors (Lipinski definition) is 6. The normalized spacial score (nSPS) is 12.6. The number of nitrogens with two attached hydrogens (primary N) is 2. The molecule has 0 radical (unpaired) electrons. The molecule has 4 aromatic rings. The van der Waals surface area contributed by atoms with Crippen LogP contribution in [-0.2, 0) is 12.8 Å². The van der Waals surface area contributed by atoms with E-state index in [4.69, 9.17) is 25.6 Å². The second-order valence-electron chi connectivity index (χ2n) is 6.70. The Bertz CT molecular complexity index is 1240. The van der Waals surface area contributed by atoms with Gasteiger partial charge in [-0.15, -0.1) is 11.3 Å². The largest absolute Gasteiger partial charge is 0.497 e. The first-order chi connectivity index (χ1) is 13.6. The molecule has 0 spiro atoms. The van der Waals surface area contributed by atoms with Gasteiger partial charge in [-0.25, -0.2) is 4.98 Å². The fraction of sp³-hybridized carbons (Fsp3) is 0.143. The quantitative estimate of drug-likeness (QED) is 0.549. The Balaban J connectivity index is 1.88. The lowest BCUT2D eigenvalue weighted by Crippen LogP contribution is -2.11. The minimum atomic E-state index is -0.547. The smallest absolute Gasteiger partial charge is 0.260 e. The van der Waals surface area contributed by atoms with Gasteiger partial charge in [0.25, 0.3) is 5.91 Å². The summed E-state index contributed by atoms with van der Waals surface area (Å²) in [6.07, 6.45) is 3.27. The molecule has 1 aliphatic rings. The fourth-order valence-corrected chi connectivity index (χ4v) is 4.88. The molecule has 6 nitrogen and oxygen atoms in total. The number of hydrogen-bond donors (Lipinski definition) is 2. The van der Waals surface area contributed by atoms with Crippen molar-refractivity contribution in [2.75, 3.05) is 12.8 Å². The SMILES string of the molecule is COc1ccc2c(c1)CCc1c-2nc2sc(C(N)=O)c(N)c2c1-c1ccco1. The van der Waals surface area contributed by atoms with Crippen LogP contribution < -0.4 is 16.2 Å². The number of pyridine rings is 1. The van der Waals surface area contributed by atoms with E-state index < -0.39 is 5.91 Å². The molecule has 1 aliphatic carbocycles. The van der Waals surface area contributed by atoms with E-state index >= 15 is 0 Å². The number of benzene rings is 1. The maximum absolute atomic E-state index is 11.9. The number of fused-ring (bicyclic) bond motifs is 4. The summed E-state index contributed by atoms with van der Waals surface area (Å²) in [6.45, 7) is 0. The Labute approximate surface area is 164 Å². The van der Waals surface area contributed by atoms with Crippen LogP contribution in [0, 0.1) is 0 Å². The number of ether oxygens (including phenoxy) is 1. The predicted molar refractivity (Wildman–Crippen MR) is 110 cm³/mol. The Morgan fingerprint density at radius 1 is 1.29 bits per heavy atom. The average molecular weight is 391 g/mol. The molecule has 0 atom stereocenters. The number of nitrogen functional groups attached to an aromatic ring is 1. The van der Waals surface area contributed by atoms with E-state index in [9.17, 15) is 4.79 Å². The molecule has 28 heavy (non-hydrogen) atoms. The Kier molecular flexibility index (Phi) is 3.67. The van der Waals surface area contributed by atoms with Crippen molar-refractivity contribution in [3.05, 3.63) is 52.6 Å². The first-order valence-corrected chi connectivity index (χ1v) is 9.66. The second-order valence-corrected chi connectivity index (χ2v) is 7.70. The van der Waals surface area contributed by atoms with Gasteiger partial charge >= 0.3 is 0 Å². The molecular formula is C21H17N3O3S. The van der Waals surface area contributed by atoms with Gasteiger partial charge in [-0.1, -0.05) is 0 Å². The molecule has 1 amide bonds. The number of aryl methyl sites for hydroxylation is 1. The minimum absolute atomic E-state index is 0.326. The summed E-state index contributed by atoms with van der Waals surface area (Å²) in [7, 11) is 1.66. The number of aromatic nitrogens is 1. The third-order valence-electron chi connectivity index (χ3n) is 5.18. The zero-order chi connectivity index (χ0) is 19.4. The second kappa shape index (κ2) is 6.10. The van der Waals surface area contributed by atoms with Crippen LogP contribution in [-0.4, -0.2) is 18.0 Å². The lowest BCUT2D eigenvalue weighted by Gasteiger charge is -2.22. The number of methoxy groups -OCH3 is 1. The monoisotopic (exact) mass is 391 g/mol. The molecule has 0 unspecified atom stereocenters. The van der Waals surface area contributed by atoms with Gasteiger partial charge in [0.2, 0.25) is 0 Å². The molecule has 3 heterocycles. The molecule has 0 fully saturated rings. The summed E-state index contributed by atoms with van der Waals surface area (Å²) in [5, 5.41) is 0.740. The number of thiophene rings is 1. The van der Waals surface area contributed by atoms with Gasteiger partial charge in [-0.2, -0.15) is 0 Å². The van der Waals surface area contributed by atoms with Crippen molar-refractivity contribution in [2.24, 2.45) is 5.73 Å². The number of nitrogens with zero attached hydrogens (tertiary/aromatic N) is 1. The molecule has 0 saturated heterocycles. The highest BCUT2D eigenvalue weighted by molar-refractivity contribution is 7.21. The predicted octanol–water partition coefficient (Wildman–Crippen LogP) is 4.01. The molecule has 3 aromatic heterocycles. The summed E-state index contributed by atoms with van der Waals surface area (Å²) in [5.41, 5.74) is 17.3. The summed E-state index contributed by atoms with van der Waals surface area (Å²) >= 11 is 1.22. The van der Waals surface area contributed by atoms with Crippen LogP contribution in [0.25, 0.3) is 32.8 Å². The van der Waals surface area contributed by atoms with E-state index in [1.54, 1.807) is 13.4 Å². The third-order valence-corrected chi connectivity index (χ3v) is 6.29. The molecule has 4 N–H and O–H groups in total. The number of carbonyl (C=O) groups excluding carboxylic acids is 1. The van der Waals surface area contributed by atoms with Crippen molar-refractivity contribution in [1.29, 1.82) is 0 Å². The highest BCUT2D eigenvalue weighted by atomic mass is 32.1. The van der Waals surface area contributed by atoms with Crippen molar-refractivity contribution in [3.8, 4) is 28.3 Å². The van der Waals surface area contributed by atoms with Crippen LogP contribution in [0.5, 0.6) is 5.75 Å². The van der Waals surface area contributed by atoms with Crippen molar-refractivity contribution >= 4 is 33.1 Å². The molecule has 140 valence electrons. The highest BCUT2D eigenvalue weighted by Crippen LogP contribution is 2.46. The van der Waals surface area contributed by atoms with Gasteiger partial charge in [-0.3, -0.25) is 4.79 Å². The molecule has 5 rings (SSSR count). The van der Waals surface area contributed by atoms with Gasteiger partial charge in [0.05, 0.1) is 24.8 Å². The summed E-state index contributed by atoms with van der Waals surface area (Å²) in [5.74, 6) is 0.987. The van der Waals surface area contributed by atoms with Gasteiger partial charge in [-0.05, 0) is 54.3 Å². The van der Waals surface area contributed by atoms with Gasteiger partial charge < -0.3 is 20.6 Å². The van der Waals surface area contributed by atoms with Crippen molar-refractivity contribution in [1.82, 2.24) is 4.98 Å². The number of furan rings is 1. The lowest BCUT2D eigenvalue weighted by molar-refractivity contribution is 0.100. The van der Waals surface area contributed by atoms with Crippen LogP contribution in [0.1, 0.15) is 20.8 Å². The van der Waals surface area contributed by atoms with E-state index in [-0.39, 0.29) is 0 Å². The summed E-state index contributed by atoms with van der Waals surface area (Å²) in [6, 6.07) is 9.76. The standard InChI is InChI=1S/C21H17N3O3S/c1-26-11-5-7-12-10(9-11)4-6-13-15(14-3-2-8-27-14)16-17(22)19(20(23)25)28-21(16)24-18(12)13/h2-3,5,7-9H,4,6,22H2,1H3,(H2,23,25). The van der Waals surface area contributed by atoms with E-state index in [0.29, 0.717) is 21.2 Å². The van der Waals surface area contributed by atoms with Crippen LogP contribution in [0.15, 0.2) is 41.0 Å². The number of primary amides is 1. The first kappa shape index (κ1) is 16.8. The number of anilines is 1. The van der Waals surface area contributed by atoms with Gasteiger partial charge in [0.1, 0.15) is 21.2 Å². The zero-order valence-electron chi connectivity index (χ0n) is 15.1. The van der Waals surface area contributed by atoms with Crippen molar-refractivity contribution < 1.29 is 13.9 Å². The van der Waals surface area contributed by atoms with E-state index in [2.05, 4.69) is 0 Å². The third kappa shape index (κ3) is 2.33. The van der Waals surface area contributed by atoms with E-state index in [1.165, 1.54) is 16.9 Å². The molecule has 0 bridgehead atoms. The zero-order valence-corrected chi connectivity index (χ0v) is 15.9. The van der Waals surface area contributed by atoms with Gasteiger partial charge in [0, 0.05) is 16.5 Å².